The summed E-state index contributed by atoms with van der Waals surface area (Å²) in [5, 5.41) is 10.3. The first-order valence-corrected chi connectivity index (χ1v) is 6.78. The average molecular weight is 292 g/mol. The van der Waals surface area contributed by atoms with Gasteiger partial charge < -0.3 is 28.8 Å². The van der Waals surface area contributed by atoms with Crippen LogP contribution in [-0.4, -0.2) is 62.4 Å². The molecule has 1 saturated heterocycles. The summed E-state index contributed by atoms with van der Waals surface area (Å²) in [4.78, 5) is 0. The smallest absolute Gasteiger partial charge is 0.191 e. The van der Waals surface area contributed by atoms with Crippen LogP contribution in [0.25, 0.3) is 0 Å². The van der Waals surface area contributed by atoms with Gasteiger partial charge in [0.15, 0.2) is 11.6 Å². The highest BCUT2D eigenvalue weighted by atomic mass is 16.8. The summed E-state index contributed by atoms with van der Waals surface area (Å²) < 4.78 is 27.5. The number of hydrogen-bond donors (Lipinski definition) is 1. The number of methoxy groups -OCH3 is 3. The van der Waals surface area contributed by atoms with Crippen LogP contribution in [0, 0.1) is 0 Å². The maximum Gasteiger partial charge on any atom is 0.191 e. The van der Waals surface area contributed by atoms with Gasteiger partial charge in [0, 0.05) is 27.8 Å². The molecular weight excluding hydrogens is 264 g/mol. The Balaban J connectivity index is 2.78. The topological polar surface area (TPSA) is 66.4 Å². The Morgan fingerprint density at radius 3 is 2.10 bits per heavy atom. The summed E-state index contributed by atoms with van der Waals surface area (Å²) in [6, 6.07) is 0. The first-order valence-electron chi connectivity index (χ1n) is 6.78. The normalized spacial score (nSPS) is 29.4. The van der Waals surface area contributed by atoms with Crippen LogP contribution in [0.15, 0.2) is 0 Å². The minimum absolute atomic E-state index is 0.310. The standard InChI is InChI=1S/C14H28O6/c1-12(2)19-9-13(3,20-12)11(16-5)8-10(15)14(4,17-6)18-7/h10-11,15H,8-9H2,1-7H3/t10-,11+,13+/m0/s1. The van der Waals surface area contributed by atoms with E-state index in [2.05, 4.69) is 0 Å². The van der Waals surface area contributed by atoms with Crippen LogP contribution in [0.1, 0.15) is 34.1 Å². The molecule has 20 heavy (non-hydrogen) atoms. The zero-order valence-corrected chi connectivity index (χ0v) is 13.6. The molecule has 6 nitrogen and oxygen atoms in total. The molecule has 0 amide bonds. The highest BCUT2D eigenvalue weighted by Gasteiger charge is 2.49. The van der Waals surface area contributed by atoms with Crippen molar-refractivity contribution in [3.05, 3.63) is 0 Å². The van der Waals surface area contributed by atoms with Crippen molar-refractivity contribution >= 4 is 0 Å². The van der Waals surface area contributed by atoms with Crippen molar-refractivity contribution < 1.29 is 28.8 Å². The molecule has 0 aliphatic carbocycles. The second-order valence-electron chi connectivity index (χ2n) is 6.00. The third kappa shape index (κ3) is 3.69. The largest absolute Gasteiger partial charge is 0.387 e. The second-order valence-corrected chi connectivity index (χ2v) is 6.00. The molecular formula is C14H28O6. The first kappa shape index (κ1) is 17.8. The minimum Gasteiger partial charge on any atom is -0.387 e. The SMILES string of the molecule is CO[C@H](C[C@H](O)C(C)(OC)OC)[C@@]1(C)COC(C)(C)O1. The summed E-state index contributed by atoms with van der Waals surface area (Å²) in [5.41, 5.74) is -0.623. The second kappa shape index (κ2) is 6.25. The molecule has 0 aromatic carbocycles. The van der Waals surface area contributed by atoms with Gasteiger partial charge in [-0.1, -0.05) is 0 Å². The van der Waals surface area contributed by atoms with Crippen molar-refractivity contribution in [2.75, 3.05) is 27.9 Å². The molecule has 1 aliphatic heterocycles. The molecule has 1 heterocycles. The predicted molar refractivity (Wildman–Crippen MR) is 73.4 cm³/mol. The van der Waals surface area contributed by atoms with Crippen LogP contribution in [0.4, 0.5) is 0 Å². The zero-order chi connectivity index (χ0) is 15.6. The molecule has 0 radical (unpaired) electrons. The number of aliphatic hydroxyl groups is 1. The van der Waals surface area contributed by atoms with Crippen LogP contribution in [0.3, 0.4) is 0 Å². The van der Waals surface area contributed by atoms with Crippen LogP contribution in [0.2, 0.25) is 0 Å². The Bertz CT molecular complexity index is 315. The van der Waals surface area contributed by atoms with Crippen molar-refractivity contribution in [2.24, 2.45) is 0 Å². The van der Waals surface area contributed by atoms with Gasteiger partial charge in [0.25, 0.3) is 0 Å². The molecule has 6 heteroatoms. The van der Waals surface area contributed by atoms with E-state index in [1.54, 1.807) is 14.0 Å². The van der Waals surface area contributed by atoms with Crippen LogP contribution in [0.5, 0.6) is 0 Å². The predicted octanol–water partition coefficient (Wildman–Crippen LogP) is 1.30. The van der Waals surface area contributed by atoms with Crippen LogP contribution >= 0.6 is 0 Å². The number of ether oxygens (including phenoxy) is 5. The van der Waals surface area contributed by atoms with E-state index < -0.39 is 23.3 Å². The van der Waals surface area contributed by atoms with Gasteiger partial charge in [-0.05, 0) is 27.7 Å². The van der Waals surface area contributed by atoms with Crippen molar-refractivity contribution in [3.63, 3.8) is 0 Å². The van der Waals surface area contributed by atoms with E-state index in [1.165, 1.54) is 14.2 Å². The maximum absolute atomic E-state index is 10.3. The Kier molecular flexibility index (Phi) is 5.57. The first-order chi connectivity index (χ1) is 9.12. The molecule has 120 valence electrons. The Labute approximate surface area is 121 Å². The summed E-state index contributed by atoms with van der Waals surface area (Å²) in [6.45, 7) is 7.72. The molecule has 3 atom stereocenters. The lowest BCUT2D eigenvalue weighted by Crippen LogP contribution is -2.51. The molecule has 0 aromatic heterocycles. The van der Waals surface area contributed by atoms with Gasteiger partial charge in [0.05, 0.1) is 12.7 Å². The summed E-state index contributed by atoms with van der Waals surface area (Å²) >= 11 is 0. The highest BCUT2D eigenvalue weighted by molar-refractivity contribution is 4.94. The third-order valence-electron chi connectivity index (χ3n) is 4.00. The zero-order valence-electron chi connectivity index (χ0n) is 13.6. The van der Waals surface area contributed by atoms with E-state index in [0.29, 0.717) is 13.0 Å². The fraction of sp³-hybridized carbons (Fsp3) is 1.00. The van der Waals surface area contributed by atoms with Crippen molar-refractivity contribution in [2.45, 2.75) is 63.5 Å². The lowest BCUT2D eigenvalue weighted by molar-refractivity contribution is -0.258. The fourth-order valence-electron chi connectivity index (χ4n) is 2.46. The lowest BCUT2D eigenvalue weighted by atomic mass is 9.92. The third-order valence-corrected chi connectivity index (χ3v) is 4.00. The van der Waals surface area contributed by atoms with Crippen molar-refractivity contribution in [3.8, 4) is 0 Å². The Morgan fingerprint density at radius 2 is 1.75 bits per heavy atom. The number of rotatable bonds is 7. The average Bonchev–Trinajstić information content (AvgIpc) is 2.69. The van der Waals surface area contributed by atoms with E-state index in [-0.39, 0.29) is 6.10 Å². The van der Waals surface area contributed by atoms with Gasteiger partial charge >= 0.3 is 0 Å². The van der Waals surface area contributed by atoms with Gasteiger partial charge in [-0.15, -0.1) is 0 Å². The summed E-state index contributed by atoms with van der Waals surface area (Å²) in [7, 11) is 4.58. The fourth-order valence-corrected chi connectivity index (χ4v) is 2.46. The number of hydrogen-bond acceptors (Lipinski definition) is 6. The Morgan fingerprint density at radius 1 is 1.20 bits per heavy atom. The Hall–Kier alpha value is -0.240. The number of aliphatic hydroxyl groups excluding tert-OH is 1. The monoisotopic (exact) mass is 292 g/mol. The molecule has 0 spiro atoms. The van der Waals surface area contributed by atoms with Gasteiger partial charge in [0.2, 0.25) is 0 Å². The minimum atomic E-state index is -1.08. The van der Waals surface area contributed by atoms with Crippen LogP contribution < -0.4 is 0 Å². The summed E-state index contributed by atoms with van der Waals surface area (Å²) in [6.07, 6.45) is -0.888. The molecule has 0 saturated carbocycles. The van der Waals surface area contributed by atoms with E-state index in [4.69, 9.17) is 23.7 Å². The van der Waals surface area contributed by atoms with Crippen LogP contribution in [-0.2, 0) is 23.7 Å². The quantitative estimate of drug-likeness (QED) is 0.714. The summed E-state index contributed by atoms with van der Waals surface area (Å²) in [5.74, 6) is -1.73. The van der Waals surface area contributed by atoms with Crippen molar-refractivity contribution in [1.82, 2.24) is 0 Å². The van der Waals surface area contributed by atoms with Gasteiger partial charge in [-0.25, -0.2) is 0 Å². The molecule has 0 bridgehead atoms. The maximum atomic E-state index is 10.3. The highest BCUT2D eigenvalue weighted by Crippen LogP contribution is 2.36. The van der Waals surface area contributed by atoms with E-state index >= 15 is 0 Å². The van der Waals surface area contributed by atoms with Gasteiger partial charge in [-0.3, -0.25) is 0 Å². The van der Waals surface area contributed by atoms with E-state index in [1.807, 2.05) is 20.8 Å². The van der Waals surface area contributed by atoms with Crippen molar-refractivity contribution in [1.29, 1.82) is 0 Å². The van der Waals surface area contributed by atoms with E-state index in [0.717, 1.165) is 0 Å². The molecule has 0 aromatic rings. The van der Waals surface area contributed by atoms with E-state index in [9.17, 15) is 5.11 Å². The lowest BCUT2D eigenvalue weighted by Gasteiger charge is -2.37. The molecule has 1 N–H and O–H groups in total. The molecule has 1 fully saturated rings. The van der Waals surface area contributed by atoms with Gasteiger partial charge in [0.1, 0.15) is 11.7 Å². The molecule has 1 rings (SSSR count). The molecule has 0 unspecified atom stereocenters. The van der Waals surface area contributed by atoms with Gasteiger partial charge in [-0.2, -0.15) is 0 Å². The molecule has 1 aliphatic rings.